The number of nitrogens with one attached hydrogen (secondary N) is 1. The van der Waals surface area contributed by atoms with E-state index in [-0.39, 0.29) is 25.0 Å². The van der Waals surface area contributed by atoms with E-state index in [0.29, 0.717) is 25.4 Å². The lowest BCUT2D eigenvalue weighted by molar-refractivity contribution is -0.138. The molecule has 2 aromatic rings. The minimum absolute atomic E-state index is 0.0994. The van der Waals surface area contributed by atoms with Gasteiger partial charge in [-0.25, -0.2) is 4.98 Å². The number of piperazine rings is 1. The molecule has 1 N–H and O–H groups in total. The minimum Gasteiger partial charge on any atom is -0.467 e. The molecule has 1 aliphatic heterocycles. The van der Waals surface area contributed by atoms with Crippen molar-refractivity contribution in [3.05, 3.63) is 48.6 Å². The largest absolute Gasteiger partial charge is 0.467 e. The standard InChI is InChI=1S/C18H22N4O4/c23-17(20-12-15-4-3-11-26-15)13-25-14-18(24)22-9-7-21(8-10-22)16-5-1-2-6-19-16/h1-6,11H,7-10,12-14H2,(H,20,23). The number of carbonyl (C=O) groups excluding carboxylic acids is 2. The first-order valence-corrected chi connectivity index (χ1v) is 8.53. The summed E-state index contributed by atoms with van der Waals surface area (Å²) < 4.78 is 10.4. The van der Waals surface area contributed by atoms with Crippen molar-refractivity contribution in [3.8, 4) is 0 Å². The zero-order valence-corrected chi connectivity index (χ0v) is 14.5. The summed E-state index contributed by atoms with van der Waals surface area (Å²) in [4.78, 5) is 32.1. The van der Waals surface area contributed by atoms with Gasteiger partial charge in [0.1, 0.15) is 24.8 Å². The van der Waals surface area contributed by atoms with Gasteiger partial charge in [0.15, 0.2) is 0 Å². The number of ether oxygens (including phenoxy) is 1. The van der Waals surface area contributed by atoms with Gasteiger partial charge in [0.05, 0.1) is 12.8 Å². The van der Waals surface area contributed by atoms with Crippen LogP contribution in [-0.4, -0.2) is 61.1 Å². The van der Waals surface area contributed by atoms with Gasteiger partial charge in [0, 0.05) is 32.4 Å². The van der Waals surface area contributed by atoms with Crippen molar-refractivity contribution in [3.63, 3.8) is 0 Å². The van der Waals surface area contributed by atoms with Crippen LogP contribution in [0.5, 0.6) is 0 Å². The zero-order chi connectivity index (χ0) is 18.2. The number of hydrogen-bond donors (Lipinski definition) is 1. The van der Waals surface area contributed by atoms with Crippen molar-refractivity contribution in [2.45, 2.75) is 6.54 Å². The van der Waals surface area contributed by atoms with Crippen LogP contribution in [0.4, 0.5) is 5.82 Å². The van der Waals surface area contributed by atoms with Crippen LogP contribution in [0.3, 0.4) is 0 Å². The van der Waals surface area contributed by atoms with Crippen molar-refractivity contribution in [2.75, 3.05) is 44.3 Å². The number of carbonyl (C=O) groups is 2. The quantitative estimate of drug-likeness (QED) is 0.782. The molecule has 1 saturated heterocycles. The molecule has 0 bridgehead atoms. The van der Waals surface area contributed by atoms with Crippen LogP contribution in [0.25, 0.3) is 0 Å². The molecule has 0 spiro atoms. The first kappa shape index (κ1) is 17.9. The summed E-state index contributed by atoms with van der Waals surface area (Å²) in [6, 6.07) is 9.32. The summed E-state index contributed by atoms with van der Waals surface area (Å²) in [7, 11) is 0. The van der Waals surface area contributed by atoms with Crippen molar-refractivity contribution >= 4 is 17.6 Å². The summed E-state index contributed by atoms with van der Waals surface area (Å²) >= 11 is 0. The molecule has 0 aliphatic carbocycles. The number of furan rings is 1. The van der Waals surface area contributed by atoms with E-state index >= 15 is 0 Å². The van der Waals surface area contributed by atoms with E-state index in [0.717, 1.165) is 18.9 Å². The van der Waals surface area contributed by atoms with E-state index in [1.165, 1.54) is 0 Å². The van der Waals surface area contributed by atoms with Gasteiger partial charge in [0.25, 0.3) is 0 Å². The predicted octanol–water partition coefficient (Wildman–Crippen LogP) is 0.656. The van der Waals surface area contributed by atoms with Gasteiger partial charge < -0.3 is 24.3 Å². The second kappa shape index (κ2) is 9.00. The molecule has 8 heteroatoms. The molecule has 0 atom stereocenters. The minimum atomic E-state index is -0.283. The maximum atomic E-state index is 12.2. The van der Waals surface area contributed by atoms with E-state index in [1.54, 1.807) is 29.5 Å². The molecule has 0 saturated carbocycles. The fraction of sp³-hybridized carbons (Fsp3) is 0.389. The van der Waals surface area contributed by atoms with Gasteiger partial charge >= 0.3 is 0 Å². The first-order valence-electron chi connectivity index (χ1n) is 8.53. The van der Waals surface area contributed by atoms with Crippen molar-refractivity contribution in [1.82, 2.24) is 15.2 Å². The first-order chi connectivity index (χ1) is 12.7. The van der Waals surface area contributed by atoms with Gasteiger partial charge in [-0.1, -0.05) is 6.07 Å². The zero-order valence-electron chi connectivity index (χ0n) is 14.5. The Balaban J connectivity index is 1.32. The summed E-state index contributed by atoms with van der Waals surface area (Å²) in [5.41, 5.74) is 0. The molecule has 2 aromatic heterocycles. The number of pyridine rings is 1. The average Bonchev–Trinajstić information content (AvgIpc) is 3.21. The van der Waals surface area contributed by atoms with Gasteiger partial charge in [0.2, 0.25) is 11.8 Å². The SMILES string of the molecule is O=C(COCC(=O)N1CCN(c2ccccn2)CC1)NCc1ccco1. The maximum Gasteiger partial charge on any atom is 0.248 e. The van der Waals surface area contributed by atoms with Gasteiger partial charge in [-0.3, -0.25) is 9.59 Å². The average molecular weight is 358 g/mol. The Kier molecular flexibility index (Phi) is 6.21. The van der Waals surface area contributed by atoms with E-state index in [4.69, 9.17) is 9.15 Å². The predicted molar refractivity (Wildman–Crippen MR) is 94.4 cm³/mol. The van der Waals surface area contributed by atoms with Crippen LogP contribution in [0.1, 0.15) is 5.76 Å². The molecule has 3 heterocycles. The highest BCUT2D eigenvalue weighted by Crippen LogP contribution is 2.12. The lowest BCUT2D eigenvalue weighted by Gasteiger charge is -2.35. The molecular formula is C18H22N4O4. The molecule has 3 rings (SSSR count). The summed E-state index contributed by atoms with van der Waals surface area (Å²) in [5.74, 6) is 1.20. The number of amides is 2. The molecule has 0 aromatic carbocycles. The third-order valence-electron chi connectivity index (χ3n) is 4.10. The topological polar surface area (TPSA) is 87.9 Å². The Morgan fingerprint density at radius 2 is 1.96 bits per heavy atom. The monoisotopic (exact) mass is 358 g/mol. The van der Waals surface area contributed by atoms with Crippen LogP contribution in [0.2, 0.25) is 0 Å². The number of hydrogen-bond acceptors (Lipinski definition) is 6. The second-order valence-corrected chi connectivity index (χ2v) is 5.90. The van der Waals surface area contributed by atoms with E-state index in [2.05, 4.69) is 15.2 Å². The van der Waals surface area contributed by atoms with Gasteiger partial charge in [-0.05, 0) is 24.3 Å². The third kappa shape index (κ3) is 5.06. The second-order valence-electron chi connectivity index (χ2n) is 5.90. The van der Waals surface area contributed by atoms with Crippen molar-refractivity contribution < 1.29 is 18.7 Å². The normalized spacial score (nSPS) is 14.3. The smallest absolute Gasteiger partial charge is 0.248 e. The third-order valence-corrected chi connectivity index (χ3v) is 4.10. The fourth-order valence-electron chi connectivity index (χ4n) is 2.70. The lowest BCUT2D eigenvalue weighted by atomic mass is 10.3. The number of aromatic nitrogens is 1. The summed E-state index contributed by atoms with van der Waals surface area (Å²) in [6.07, 6.45) is 3.31. The molecular weight excluding hydrogens is 336 g/mol. The van der Waals surface area contributed by atoms with E-state index in [9.17, 15) is 9.59 Å². The number of rotatable bonds is 7. The Morgan fingerprint density at radius 1 is 1.12 bits per heavy atom. The van der Waals surface area contributed by atoms with Gasteiger partial charge in [-0.2, -0.15) is 0 Å². The Morgan fingerprint density at radius 3 is 2.65 bits per heavy atom. The Labute approximate surface area is 151 Å². The fourth-order valence-corrected chi connectivity index (χ4v) is 2.70. The molecule has 1 fully saturated rings. The lowest BCUT2D eigenvalue weighted by Crippen LogP contribution is -2.50. The van der Waals surface area contributed by atoms with Crippen LogP contribution in [0, 0.1) is 0 Å². The van der Waals surface area contributed by atoms with Crippen LogP contribution in [0.15, 0.2) is 47.2 Å². The van der Waals surface area contributed by atoms with E-state index in [1.807, 2.05) is 18.2 Å². The molecule has 2 amide bonds. The highest BCUT2D eigenvalue weighted by molar-refractivity contribution is 5.79. The van der Waals surface area contributed by atoms with Crippen LogP contribution >= 0.6 is 0 Å². The van der Waals surface area contributed by atoms with E-state index < -0.39 is 0 Å². The maximum absolute atomic E-state index is 12.2. The molecule has 26 heavy (non-hydrogen) atoms. The van der Waals surface area contributed by atoms with Crippen LogP contribution < -0.4 is 10.2 Å². The molecule has 0 unspecified atom stereocenters. The van der Waals surface area contributed by atoms with Crippen molar-refractivity contribution in [1.29, 1.82) is 0 Å². The summed E-state index contributed by atoms with van der Waals surface area (Å²) in [6.45, 7) is 2.74. The Bertz CT molecular complexity index is 697. The van der Waals surface area contributed by atoms with Gasteiger partial charge in [-0.15, -0.1) is 0 Å². The highest BCUT2D eigenvalue weighted by atomic mass is 16.5. The van der Waals surface area contributed by atoms with Crippen molar-refractivity contribution in [2.24, 2.45) is 0 Å². The van der Waals surface area contributed by atoms with Crippen LogP contribution in [-0.2, 0) is 20.9 Å². The molecule has 138 valence electrons. The highest BCUT2D eigenvalue weighted by Gasteiger charge is 2.21. The number of anilines is 1. The molecule has 8 nitrogen and oxygen atoms in total. The summed E-state index contributed by atoms with van der Waals surface area (Å²) in [5, 5.41) is 2.67. The Hall–Kier alpha value is -2.87. The molecule has 0 radical (unpaired) electrons. The number of nitrogens with zero attached hydrogens (tertiary/aromatic N) is 3. The molecule has 1 aliphatic rings.